The number of rotatable bonds is 5. The number of benzene rings is 2. The largest absolute Gasteiger partial charge is 0.335 e. The van der Waals surface area contributed by atoms with E-state index in [2.05, 4.69) is 49.7 Å². The molecule has 1 N–H and O–H groups in total. The number of nitrogens with zero attached hydrogens (tertiary/aromatic N) is 2. The van der Waals surface area contributed by atoms with E-state index in [1.54, 1.807) is 18.2 Å². The topological polar surface area (TPSA) is 71.4 Å². The Morgan fingerprint density at radius 3 is 2.17 bits per heavy atom. The Balaban J connectivity index is 1.74. The number of para-hydroxylation sites is 1. The fourth-order valence-electron chi connectivity index (χ4n) is 4.67. The van der Waals surface area contributed by atoms with Crippen LogP contribution in [-0.4, -0.2) is 22.4 Å². The van der Waals surface area contributed by atoms with Gasteiger partial charge >= 0.3 is 6.03 Å². The van der Waals surface area contributed by atoms with E-state index >= 15 is 0 Å². The first-order chi connectivity index (χ1) is 16.6. The van der Waals surface area contributed by atoms with Gasteiger partial charge in [-0.05, 0) is 86.6 Å². The van der Waals surface area contributed by atoms with Gasteiger partial charge in [0.15, 0.2) is 0 Å². The highest BCUT2D eigenvalue weighted by Gasteiger charge is 2.37. The third-order valence-electron chi connectivity index (χ3n) is 6.87. The lowest BCUT2D eigenvalue weighted by Gasteiger charge is -2.26. The summed E-state index contributed by atoms with van der Waals surface area (Å²) >= 11 is 0. The second kappa shape index (κ2) is 9.37. The first-order valence-electron chi connectivity index (χ1n) is 11.9. The minimum atomic E-state index is -0.741. The fourth-order valence-corrected chi connectivity index (χ4v) is 4.67. The summed E-state index contributed by atoms with van der Waals surface area (Å²) in [5, 5.41) is 2.32. The molecule has 2 aromatic carbocycles. The molecule has 2 heterocycles. The average Bonchev–Trinajstić information content (AvgIpc) is 3.09. The monoisotopic (exact) mass is 469 g/mol. The van der Waals surface area contributed by atoms with Crippen LogP contribution in [-0.2, 0) is 9.59 Å². The number of aromatic nitrogens is 1. The molecular weight excluding hydrogens is 438 g/mol. The molecule has 1 atom stereocenters. The smallest absolute Gasteiger partial charge is 0.317 e. The molecule has 0 radical (unpaired) electrons. The van der Waals surface area contributed by atoms with Crippen LogP contribution in [0.15, 0.2) is 54.1 Å². The summed E-state index contributed by atoms with van der Waals surface area (Å²) in [6, 6.07) is 14.7. The van der Waals surface area contributed by atoms with Crippen LogP contribution < -0.4 is 10.2 Å². The van der Waals surface area contributed by atoms with Crippen molar-refractivity contribution < 1.29 is 14.4 Å². The standard InChI is InChI=1S/C29H31N3O3/c1-7-17(2)22-11-13-24(14-12-22)32-28(34)25(27(33)30-29(32)35)16-23-15-20(5)31(21(23)6)26-18(3)9-8-10-19(26)4/h8-17H,7H2,1-6H3,(H,30,33,35)/b25-16-/t17-/m0/s1. The quantitative estimate of drug-likeness (QED) is 0.374. The fraction of sp³-hybridized carbons (Fsp3) is 0.276. The molecule has 0 spiro atoms. The minimum Gasteiger partial charge on any atom is -0.317 e. The maximum Gasteiger partial charge on any atom is 0.335 e. The van der Waals surface area contributed by atoms with Crippen molar-refractivity contribution in [1.82, 2.24) is 9.88 Å². The molecule has 1 aliphatic rings. The van der Waals surface area contributed by atoms with Gasteiger partial charge in [0.2, 0.25) is 0 Å². The maximum atomic E-state index is 13.4. The molecule has 1 saturated heterocycles. The van der Waals surface area contributed by atoms with Crippen molar-refractivity contribution in [1.29, 1.82) is 0 Å². The SMILES string of the molecule is CC[C@H](C)c1ccc(N2C(=O)NC(=O)/C(=C/c3cc(C)n(-c4c(C)cccc4C)c3C)C2=O)cc1. The van der Waals surface area contributed by atoms with E-state index in [0.29, 0.717) is 11.6 Å². The lowest BCUT2D eigenvalue weighted by Crippen LogP contribution is -2.54. The van der Waals surface area contributed by atoms with Crippen molar-refractivity contribution in [3.05, 3.63) is 87.7 Å². The molecule has 6 nitrogen and oxygen atoms in total. The van der Waals surface area contributed by atoms with Gasteiger partial charge in [0.05, 0.1) is 11.4 Å². The molecule has 0 bridgehead atoms. The molecule has 1 fully saturated rings. The van der Waals surface area contributed by atoms with Crippen molar-refractivity contribution >= 4 is 29.6 Å². The molecule has 35 heavy (non-hydrogen) atoms. The molecule has 0 saturated carbocycles. The Labute approximate surface area is 206 Å². The average molecular weight is 470 g/mol. The Kier molecular flexibility index (Phi) is 6.48. The highest BCUT2D eigenvalue weighted by molar-refractivity contribution is 6.39. The molecule has 3 aromatic rings. The number of barbiturate groups is 1. The molecule has 1 aliphatic heterocycles. The van der Waals surface area contributed by atoms with Gasteiger partial charge in [0, 0.05) is 11.4 Å². The summed E-state index contributed by atoms with van der Waals surface area (Å²) in [5.74, 6) is -0.949. The Hall–Kier alpha value is -3.93. The summed E-state index contributed by atoms with van der Waals surface area (Å²) in [6.07, 6.45) is 2.57. The normalized spacial score (nSPS) is 16.1. The number of aryl methyl sites for hydroxylation is 3. The van der Waals surface area contributed by atoms with Crippen LogP contribution in [0.5, 0.6) is 0 Å². The zero-order valence-electron chi connectivity index (χ0n) is 21.1. The number of carbonyl (C=O) groups excluding carboxylic acids is 3. The number of anilines is 1. The van der Waals surface area contributed by atoms with Crippen LogP contribution in [0.4, 0.5) is 10.5 Å². The molecule has 0 unspecified atom stereocenters. The summed E-state index contributed by atoms with van der Waals surface area (Å²) in [5.41, 5.74) is 7.50. The predicted octanol–water partition coefficient (Wildman–Crippen LogP) is 5.89. The summed E-state index contributed by atoms with van der Waals surface area (Å²) in [6.45, 7) is 12.3. The Bertz CT molecular complexity index is 1340. The molecule has 1 aromatic heterocycles. The highest BCUT2D eigenvalue weighted by Crippen LogP contribution is 2.29. The van der Waals surface area contributed by atoms with Crippen LogP contribution in [0.3, 0.4) is 0 Å². The predicted molar refractivity (Wildman–Crippen MR) is 139 cm³/mol. The van der Waals surface area contributed by atoms with E-state index in [-0.39, 0.29) is 5.57 Å². The van der Waals surface area contributed by atoms with Crippen molar-refractivity contribution in [2.75, 3.05) is 4.90 Å². The molecule has 4 rings (SSSR count). The van der Waals surface area contributed by atoms with Gasteiger partial charge in [-0.25, -0.2) is 9.69 Å². The van der Waals surface area contributed by atoms with Gasteiger partial charge in [-0.2, -0.15) is 0 Å². The Morgan fingerprint density at radius 2 is 1.57 bits per heavy atom. The number of nitrogens with one attached hydrogen (secondary N) is 1. The van der Waals surface area contributed by atoms with Gasteiger partial charge in [-0.3, -0.25) is 14.9 Å². The Morgan fingerprint density at radius 1 is 0.943 bits per heavy atom. The lowest BCUT2D eigenvalue weighted by atomic mass is 9.98. The van der Waals surface area contributed by atoms with E-state index in [0.717, 1.165) is 50.6 Å². The molecule has 180 valence electrons. The van der Waals surface area contributed by atoms with E-state index in [4.69, 9.17) is 0 Å². The van der Waals surface area contributed by atoms with Gasteiger partial charge in [-0.15, -0.1) is 0 Å². The molecule has 0 aliphatic carbocycles. The van der Waals surface area contributed by atoms with Gasteiger partial charge in [0.25, 0.3) is 11.8 Å². The minimum absolute atomic E-state index is 0.0719. The number of hydrogen-bond acceptors (Lipinski definition) is 3. The first kappa shape index (κ1) is 24.2. The van der Waals surface area contributed by atoms with Crippen LogP contribution in [0.25, 0.3) is 11.8 Å². The number of imide groups is 2. The second-order valence-electron chi connectivity index (χ2n) is 9.26. The number of carbonyl (C=O) groups is 3. The van der Waals surface area contributed by atoms with Crippen molar-refractivity contribution in [2.24, 2.45) is 0 Å². The zero-order chi connectivity index (χ0) is 25.4. The molecule has 6 heteroatoms. The van der Waals surface area contributed by atoms with Crippen LogP contribution in [0, 0.1) is 27.7 Å². The van der Waals surface area contributed by atoms with E-state index in [9.17, 15) is 14.4 Å². The maximum absolute atomic E-state index is 13.4. The van der Waals surface area contributed by atoms with Gasteiger partial charge in [-0.1, -0.05) is 44.2 Å². The van der Waals surface area contributed by atoms with E-state index in [1.165, 1.54) is 0 Å². The van der Waals surface area contributed by atoms with Crippen LogP contribution in [0.1, 0.15) is 59.8 Å². The van der Waals surface area contributed by atoms with E-state index in [1.807, 2.05) is 38.1 Å². The van der Waals surface area contributed by atoms with Crippen molar-refractivity contribution in [2.45, 2.75) is 53.9 Å². The summed E-state index contributed by atoms with van der Waals surface area (Å²) < 4.78 is 2.14. The van der Waals surface area contributed by atoms with Crippen LogP contribution >= 0.6 is 0 Å². The summed E-state index contributed by atoms with van der Waals surface area (Å²) in [4.78, 5) is 39.7. The van der Waals surface area contributed by atoms with Gasteiger partial charge in [0.1, 0.15) is 5.57 Å². The molecular formula is C29H31N3O3. The highest BCUT2D eigenvalue weighted by atomic mass is 16.2. The van der Waals surface area contributed by atoms with Gasteiger partial charge < -0.3 is 4.57 Å². The summed E-state index contributed by atoms with van der Waals surface area (Å²) in [7, 11) is 0. The third-order valence-corrected chi connectivity index (χ3v) is 6.87. The zero-order valence-corrected chi connectivity index (χ0v) is 21.1. The number of amides is 4. The third kappa shape index (κ3) is 4.32. The second-order valence-corrected chi connectivity index (χ2v) is 9.26. The van der Waals surface area contributed by atoms with Crippen molar-refractivity contribution in [3.8, 4) is 5.69 Å². The first-order valence-corrected chi connectivity index (χ1v) is 11.9. The number of urea groups is 1. The van der Waals surface area contributed by atoms with Crippen molar-refractivity contribution in [3.63, 3.8) is 0 Å². The molecule has 4 amide bonds. The van der Waals surface area contributed by atoms with E-state index < -0.39 is 17.8 Å². The number of hydrogen-bond donors (Lipinski definition) is 1. The van der Waals surface area contributed by atoms with Crippen LogP contribution in [0.2, 0.25) is 0 Å². The lowest BCUT2D eigenvalue weighted by molar-refractivity contribution is -0.122.